The van der Waals surface area contributed by atoms with Crippen molar-refractivity contribution in [3.05, 3.63) is 16.1 Å². The molecule has 1 saturated heterocycles. The van der Waals surface area contributed by atoms with Gasteiger partial charge in [0.15, 0.2) is 5.01 Å². The first-order valence-corrected chi connectivity index (χ1v) is 7.22. The van der Waals surface area contributed by atoms with E-state index in [0.29, 0.717) is 22.8 Å². The zero-order valence-corrected chi connectivity index (χ0v) is 11.5. The SMILES string of the molecule is CCCNC(c1cnc(C(F)(F)F)s1)C1CCCO1. The summed E-state index contributed by atoms with van der Waals surface area (Å²) in [6, 6.07) is -0.184. The van der Waals surface area contributed by atoms with Crippen molar-refractivity contribution < 1.29 is 17.9 Å². The summed E-state index contributed by atoms with van der Waals surface area (Å²) in [5.41, 5.74) is 0. The fourth-order valence-electron chi connectivity index (χ4n) is 2.14. The van der Waals surface area contributed by atoms with E-state index < -0.39 is 11.2 Å². The van der Waals surface area contributed by atoms with Crippen LogP contribution in [0, 0.1) is 0 Å². The van der Waals surface area contributed by atoms with Crippen LogP contribution < -0.4 is 5.32 Å². The number of thiazole rings is 1. The Morgan fingerprint density at radius 2 is 2.37 bits per heavy atom. The van der Waals surface area contributed by atoms with Crippen LogP contribution in [0.1, 0.15) is 42.1 Å². The highest BCUT2D eigenvalue weighted by molar-refractivity contribution is 7.11. The quantitative estimate of drug-likeness (QED) is 0.904. The van der Waals surface area contributed by atoms with Gasteiger partial charge >= 0.3 is 6.18 Å². The Morgan fingerprint density at radius 1 is 1.58 bits per heavy atom. The maximum absolute atomic E-state index is 12.6. The van der Waals surface area contributed by atoms with Crippen LogP contribution in [0.4, 0.5) is 13.2 Å². The number of halogens is 3. The van der Waals surface area contributed by atoms with Crippen LogP contribution in [0.25, 0.3) is 0 Å². The van der Waals surface area contributed by atoms with Gasteiger partial charge in [-0.25, -0.2) is 4.98 Å². The molecule has 7 heteroatoms. The number of aromatic nitrogens is 1. The molecule has 0 spiro atoms. The summed E-state index contributed by atoms with van der Waals surface area (Å²) in [5.74, 6) is 0. The van der Waals surface area contributed by atoms with Gasteiger partial charge in [-0.15, -0.1) is 11.3 Å². The number of rotatable bonds is 5. The first kappa shape index (κ1) is 14.7. The molecule has 0 aliphatic carbocycles. The lowest BCUT2D eigenvalue weighted by molar-refractivity contribution is -0.137. The van der Waals surface area contributed by atoms with Gasteiger partial charge in [-0.2, -0.15) is 13.2 Å². The first-order chi connectivity index (χ1) is 9.02. The maximum atomic E-state index is 12.6. The van der Waals surface area contributed by atoms with Crippen LogP contribution in [0.2, 0.25) is 0 Å². The highest BCUT2D eigenvalue weighted by Crippen LogP contribution is 2.36. The third-order valence-electron chi connectivity index (χ3n) is 3.02. The number of hydrogen-bond donors (Lipinski definition) is 1. The lowest BCUT2D eigenvalue weighted by Gasteiger charge is -2.22. The van der Waals surface area contributed by atoms with Crippen LogP contribution in [-0.4, -0.2) is 24.2 Å². The van der Waals surface area contributed by atoms with Crippen molar-refractivity contribution in [1.82, 2.24) is 10.3 Å². The van der Waals surface area contributed by atoms with Crippen LogP contribution in [0.15, 0.2) is 6.20 Å². The Labute approximate surface area is 114 Å². The highest BCUT2D eigenvalue weighted by atomic mass is 32.1. The summed E-state index contributed by atoms with van der Waals surface area (Å²) in [4.78, 5) is 4.09. The van der Waals surface area contributed by atoms with E-state index in [1.165, 1.54) is 6.20 Å². The van der Waals surface area contributed by atoms with Crippen molar-refractivity contribution in [1.29, 1.82) is 0 Å². The van der Waals surface area contributed by atoms with Gasteiger partial charge in [-0.3, -0.25) is 0 Å². The van der Waals surface area contributed by atoms with E-state index in [2.05, 4.69) is 10.3 Å². The second-order valence-electron chi connectivity index (χ2n) is 4.55. The average molecular weight is 294 g/mol. The van der Waals surface area contributed by atoms with E-state index in [-0.39, 0.29) is 12.1 Å². The second kappa shape index (κ2) is 6.19. The van der Waals surface area contributed by atoms with Crippen molar-refractivity contribution in [2.24, 2.45) is 0 Å². The Bertz CT molecular complexity index is 402. The topological polar surface area (TPSA) is 34.2 Å². The standard InChI is InChI=1S/C12H17F3N2OS/c1-2-5-16-10(8-4-3-6-18-8)9-7-17-11(19-9)12(13,14)15/h7-8,10,16H,2-6H2,1H3. The van der Waals surface area contributed by atoms with Crippen molar-refractivity contribution in [2.45, 2.75) is 44.5 Å². The fraction of sp³-hybridized carbons (Fsp3) is 0.750. The summed E-state index contributed by atoms with van der Waals surface area (Å²) in [6.07, 6.45) is -0.334. The molecule has 2 heterocycles. The first-order valence-electron chi connectivity index (χ1n) is 6.40. The van der Waals surface area contributed by atoms with Gasteiger partial charge in [0.05, 0.1) is 12.1 Å². The molecule has 1 aliphatic rings. The van der Waals surface area contributed by atoms with E-state index >= 15 is 0 Å². The number of hydrogen-bond acceptors (Lipinski definition) is 4. The molecule has 0 bridgehead atoms. The minimum absolute atomic E-state index is 0.0481. The minimum atomic E-state index is -4.37. The van der Waals surface area contributed by atoms with Gasteiger partial charge in [0.1, 0.15) is 0 Å². The molecule has 1 N–H and O–H groups in total. The molecule has 108 valence electrons. The zero-order chi connectivity index (χ0) is 13.9. The highest BCUT2D eigenvalue weighted by Gasteiger charge is 2.36. The molecule has 0 radical (unpaired) electrons. The van der Waals surface area contributed by atoms with Gasteiger partial charge in [-0.05, 0) is 25.8 Å². The summed E-state index contributed by atoms with van der Waals surface area (Å²) in [7, 11) is 0. The summed E-state index contributed by atoms with van der Waals surface area (Å²) >= 11 is 0.707. The van der Waals surface area contributed by atoms with E-state index in [1.54, 1.807) is 0 Å². The van der Waals surface area contributed by atoms with E-state index in [4.69, 9.17) is 4.74 Å². The molecule has 0 saturated carbocycles. The Hall–Kier alpha value is -0.660. The second-order valence-corrected chi connectivity index (χ2v) is 5.61. The predicted molar refractivity (Wildman–Crippen MR) is 67.1 cm³/mol. The monoisotopic (exact) mass is 294 g/mol. The molecule has 2 unspecified atom stereocenters. The molecule has 3 nitrogen and oxygen atoms in total. The molecule has 2 rings (SSSR count). The summed E-state index contributed by atoms with van der Waals surface area (Å²) in [6.45, 7) is 3.46. The average Bonchev–Trinajstić information content (AvgIpc) is 2.99. The summed E-state index contributed by atoms with van der Waals surface area (Å²) < 4.78 is 43.4. The number of ether oxygens (including phenoxy) is 1. The van der Waals surface area contributed by atoms with Gasteiger partial charge in [0.25, 0.3) is 0 Å². The summed E-state index contributed by atoms with van der Waals surface area (Å²) in [5, 5.41) is 2.48. The van der Waals surface area contributed by atoms with Gasteiger partial charge in [-0.1, -0.05) is 6.92 Å². The molecule has 1 fully saturated rings. The van der Waals surface area contributed by atoms with Crippen LogP contribution in [-0.2, 0) is 10.9 Å². The van der Waals surface area contributed by atoms with E-state index in [1.807, 2.05) is 6.92 Å². The lowest BCUT2D eigenvalue weighted by atomic mass is 10.1. The Kier molecular flexibility index (Phi) is 4.81. The Balaban J connectivity index is 2.14. The molecular weight excluding hydrogens is 277 g/mol. The van der Waals surface area contributed by atoms with Crippen LogP contribution in [0.5, 0.6) is 0 Å². The van der Waals surface area contributed by atoms with Crippen molar-refractivity contribution >= 4 is 11.3 Å². The molecule has 1 aliphatic heterocycles. The molecule has 19 heavy (non-hydrogen) atoms. The zero-order valence-electron chi connectivity index (χ0n) is 10.7. The predicted octanol–water partition coefficient (Wildman–Crippen LogP) is 3.38. The van der Waals surface area contributed by atoms with Crippen molar-refractivity contribution in [3.8, 4) is 0 Å². The van der Waals surface area contributed by atoms with Crippen LogP contribution in [0.3, 0.4) is 0 Å². The lowest BCUT2D eigenvalue weighted by Crippen LogP contribution is -2.31. The van der Waals surface area contributed by atoms with E-state index in [9.17, 15) is 13.2 Å². The van der Waals surface area contributed by atoms with Gasteiger partial charge in [0.2, 0.25) is 0 Å². The van der Waals surface area contributed by atoms with Crippen LogP contribution >= 0.6 is 11.3 Å². The smallest absolute Gasteiger partial charge is 0.376 e. The molecular formula is C12H17F3N2OS. The maximum Gasteiger partial charge on any atom is 0.443 e. The number of nitrogens with zero attached hydrogens (tertiary/aromatic N) is 1. The largest absolute Gasteiger partial charge is 0.443 e. The fourth-order valence-corrected chi connectivity index (χ4v) is 3.05. The third-order valence-corrected chi connectivity index (χ3v) is 4.15. The normalized spacial score (nSPS) is 21.8. The molecule has 1 aromatic heterocycles. The molecule has 0 aromatic carbocycles. The van der Waals surface area contributed by atoms with E-state index in [0.717, 1.165) is 25.8 Å². The number of nitrogens with one attached hydrogen (secondary N) is 1. The molecule has 0 amide bonds. The molecule has 1 aromatic rings. The van der Waals surface area contributed by atoms with Gasteiger partial charge < -0.3 is 10.1 Å². The van der Waals surface area contributed by atoms with Gasteiger partial charge in [0, 0.05) is 17.7 Å². The van der Waals surface area contributed by atoms with Crippen molar-refractivity contribution in [3.63, 3.8) is 0 Å². The Morgan fingerprint density at radius 3 is 2.89 bits per heavy atom. The molecule has 2 atom stereocenters. The van der Waals surface area contributed by atoms with Crippen molar-refractivity contribution in [2.75, 3.05) is 13.2 Å². The third kappa shape index (κ3) is 3.67. The number of alkyl halides is 3. The minimum Gasteiger partial charge on any atom is -0.376 e.